The van der Waals surface area contributed by atoms with Crippen LogP contribution in [0, 0.1) is 0 Å². The lowest BCUT2D eigenvalue weighted by Gasteiger charge is -2.01. The molecule has 0 spiro atoms. The summed E-state index contributed by atoms with van der Waals surface area (Å²) in [7, 11) is 0. The average Bonchev–Trinajstić information content (AvgIpc) is 2.32. The Morgan fingerprint density at radius 1 is 1.50 bits per heavy atom. The molecule has 12 heavy (non-hydrogen) atoms. The normalized spacial score (nSPS) is 20.0. The van der Waals surface area contributed by atoms with Gasteiger partial charge in [0.15, 0.2) is 0 Å². The zero-order chi connectivity index (χ0) is 7.84. The summed E-state index contributed by atoms with van der Waals surface area (Å²) in [5.74, 6) is 1.02. The van der Waals surface area contributed by atoms with Gasteiger partial charge in [-0.3, -0.25) is 0 Å². The van der Waals surface area contributed by atoms with Gasteiger partial charge in [-0.25, -0.2) is 0 Å². The van der Waals surface area contributed by atoms with Crippen LogP contribution in [0.25, 0.3) is 0 Å². The summed E-state index contributed by atoms with van der Waals surface area (Å²) in [5.41, 5.74) is 7.15. The van der Waals surface area contributed by atoms with E-state index in [1.165, 1.54) is 10.5 Å². The highest BCUT2D eigenvalue weighted by Gasteiger charge is 2.18. The molecular formula is C8H9BrClNS. The Morgan fingerprint density at radius 2 is 2.25 bits per heavy atom. The summed E-state index contributed by atoms with van der Waals surface area (Å²) in [5, 5.41) is 0. The van der Waals surface area contributed by atoms with Crippen LogP contribution >= 0.6 is 40.1 Å². The van der Waals surface area contributed by atoms with Crippen LogP contribution in [0.5, 0.6) is 0 Å². The van der Waals surface area contributed by atoms with Crippen LogP contribution in [0.2, 0.25) is 0 Å². The minimum absolute atomic E-state index is 0. The molecule has 4 heteroatoms. The molecule has 0 amide bonds. The van der Waals surface area contributed by atoms with Crippen LogP contribution in [0.3, 0.4) is 0 Å². The first-order chi connectivity index (χ1) is 5.27. The molecule has 0 saturated carbocycles. The van der Waals surface area contributed by atoms with Gasteiger partial charge in [-0.05, 0) is 17.7 Å². The van der Waals surface area contributed by atoms with Gasteiger partial charge in [0.2, 0.25) is 0 Å². The maximum atomic E-state index is 5.86. The molecule has 0 bridgehead atoms. The SMILES string of the molecule is Cl.NC1CSc2cc(Br)ccc21. The van der Waals surface area contributed by atoms with Gasteiger partial charge in [-0.1, -0.05) is 22.0 Å². The van der Waals surface area contributed by atoms with Crippen molar-refractivity contribution in [2.24, 2.45) is 5.73 Å². The number of hydrogen-bond acceptors (Lipinski definition) is 2. The molecule has 0 fully saturated rings. The molecule has 0 saturated heterocycles. The van der Waals surface area contributed by atoms with Crippen LogP contribution < -0.4 is 5.73 Å². The predicted octanol–water partition coefficient (Wildman–Crippen LogP) is 2.98. The third-order valence-electron chi connectivity index (χ3n) is 1.79. The van der Waals surface area contributed by atoms with Gasteiger partial charge in [0.1, 0.15) is 0 Å². The van der Waals surface area contributed by atoms with E-state index in [0.717, 1.165) is 10.2 Å². The summed E-state index contributed by atoms with van der Waals surface area (Å²) < 4.78 is 1.14. The minimum atomic E-state index is 0. The van der Waals surface area contributed by atoms with Gasteiger partial charge in [0, 0.05) is 21.2 Å². The van der Waals surface area contributed by atoms with E-state index in [1.54, 1.807) is 0 Å². The lowest BCUT2D eigenvalue weighted by molar-refractivity contribution is 0.833. The molecule has 1 aromatic carbocycles. The van der Waals surface area contributed by atoms with Crippen molar-refractivity contribution in [1.29, 1.82) is 0 Å². The van der Waals surface area contributed by atoms with Gasteiger partial charge in [-0.15, -0.1) is 24.2 Å². The van der Waals surface area contributed by atoms with Gasteiger partial charge >= 0.3 is 0 Å². The van der Waals surface area contributed by atoms with E-state index in [0.29, 0.717) is 0 Å². The van der Waals surface area contributed by atoms with E-state index >= 15 is 0 Å². The number of rotatable bonds is 0. The molecule has 1 unspecified atom stereocenters. The van der Waals surface area contributed by atoms with Crippen molar-refractivity contribution in [3.05, 3.63) is 28.2 Å². The van der Waals surface area contributed by atoms with Crippen LogP contribution in [-0.2, 0) is 0 Å². The largest absolute Gasteiger partial charge is 0.323 e. The van der Waals surface area contributed by atoms with E-state index in [9.17, 15) is 0 Å². The fourth-order valence-electron chi connectivity index (χ4n) is 1.21. The van der Waals surface area contributed by atoms with E-state index in [2.05, 4.69) is 28.1 Å². The van der Waals surface area contributed by atoms with Crippen molar-refractivity contribution >= 4 is 40.1 Å². The molecule has 66 valence electrons. The van der Waals surface area contributed by atoms with Crippen molar-refractivity contribution in [2.75, 3.05) is 5.75 Å². The topological polar surface area (TPSA) is 26.0 Å². The Morgan fingerprint density at radius 3 is 3.00 bits per heavy atom. The van der Waals surface area contributed by atoms with Gasteiger partial charge < -0.3 is 5.73 Å². The Balaban J connectivity index is 0.000000720. The number of nitrogens with two attached hydrogens (primary N) is 1. The van der Waals surface area contributed by atoms with E-state index in [1.807, 2.05) is 17.8 Å². The lowest BCUT2D eigenvalue weighted by atomic mass is 10.1. The Kier molecular flexibility index (Phi) is 3.47. The Bertz CT molecular complexity index is 292. The molecule has 2 N–H and O–H groups in total. The maximum Gasteiger partial charge on any atom is 0.0401 e. The van der Waals surface area contributed by atoms with Crippen LogP contribution in [0.4, 0.5) is 0 Å². The molecular weight excluding hydrogens is 258 g/mol. The number of benzene rings is 1. The zero-order valence-corrected chi connectivity index (χ0v) is 9.51. The van der Waals surface area contributed by atoms with Crippen LogP contribution in [0.15, 0.2) is 27.6 Å². The van der Waals surface area contributed by atoms with E-state index < -0.39 is 0 Å². The van der Waals surface area contributed by atoms with Crippen molar-refractivity contribution in [1.82, 2.24) is 0 Å². The van der Waals surface area contributed by atoms with Crippen molar-refractivity contribution in [3.63, 3.8) is 0 Å². The average molecular weight is 267 g/mol. The second-order valence-electron chi connectivity index (χ2n) is 2.60. The fourth-order valence-corrected chi connectivity index (χ4v) is 2.86. The predicted molar refractivity (Wildman–Crippen MR) is 59.0 cm³/mol. The van der Waals surface area contributed by atoms with E-state index in [-0.39, 0.29) is 18.4 Å². The molecule has 1 nitrogen and oxygen atoms in total. The minimum Gasteiger partial charge on any atom is -0.323 e. The van der Waals surface area contributed by atoms with Gasteiger partial charge in [0.05, 0.1) is 0 Å². The first-order valence-corrected chi connectivity index (χ1v) is 5.23. The summed E-state index contributed by atoms with van der Waals surface area (Å²) >= 11 is 5.27. The second kappa shape index (κ2) is 4.01. The van der Waals surface area contributed by atoms with Crippen LogP contribution in [-0.4, -0.2) is 5.75 Å². The number of thioether (sulfide) groups is 1. The Labute approximate surface area is 90.6 Å². The third-order valence-corrected chi connectivity index (χ3v) is 3.48. The molecule has 0 aromatic heterocycles. The standard InChI is InChI=1S/C8H8BrNS.ClH/c9-5-1-2-6-7(10)4-11-8(6)3-5;/h1-3,7H,4,10H2;1H. The second-order valence-corrected chi connectivity index (χ2v) is 4.58. The van der Waals surface area contributed by atoms with Crippen molar-refractivity contribution in [2.45, 2.75) is 10.9 Å². The lowest BCUT2D eigenvalue weighted by Crippen LogP contribution is -2.07. The Hall–Kier alpha value is 0.300. The quantitative estimate of drug-likeness (QED) is 0.781. The molecule has 0 aliphatic carbocycles. The maximum absolute atomic E-state index is 5.86. The summed E-state index contributed by atoms with van der Waals surface area (Å²) in [6.45, 7) is 0. The number of fused-ring (bicyclic) bond motifs is 1. The molecule has 0 radical (unpaired) electrons. The molecule has 1 aliphatic heterocycles. The zero-order valence-electron chi connectivity index (χ0n) is 6.29. The summed E-state index contributed by atoms with van der Waals surface area (Å²) in [6, 6.07) is 6.52. The van der Waals surface area contributed by atoms with Crippen molar-refractivity contribution < 1.29 is 0 Å². The van der Waals surface area contributed by atoms with Crippen LogP contribution in [0.1, 0.15) is 11.6 Å². The highest BCUT2D eigenvalue weighted by atomic mass is 79.9. The highest BCUT2D eigenvalue weighted by molar-refractivity contribution is 9.10. The van der Waals surface area contributed by atoms with Gasteiger partial charge in [-0.2, -0.15) is 0 Å². The fraction of sp³-hybridized carbons (Fsp3) is 0.250. The molecule has 1 aromatic rings. The first-order valence-electron chi connectivity index (χ1n) is 3.45. The molecule has 1 atom stereocenters. The third kappa shape index (κ3) is 1.79. The van der Waals surface area contributed by atoms with Crippen molar-refractivity contribution in [3.8, 4) is 0 Å². The highest BCUT2D eigenvalue weighted by Crippen LogP contribution is 2.37. The number of hydrogen-bond donors (Lipinski definition) is 1. The molecule has 2 rings (SSSR count). The molecule has 1 aliphatic rings. The van der Waals surface area contributed by atoms with Gasteiger partial charge in [0.25, 0.3) is 0 Å². The number of halogens is 2. The summed E-state index contributed by atoms with van der Waals surface area (Å²) in [6.07, 6.45) is 0. The summed E-state index contributed by atoms with van der Waals surface area (Å²) in [4.78, 5) is 1.33. The monoisotopic (exact) mass is 265 g/mol. The van der Waals surface area contributed by atoms with E-state index in [4.69, 9.17) is 5.73 Å². The molecule has 1 heterocycles. The first kappa shape index (κ1) is 10.4. The smallest absolute Gasteiger partial charge is 0.0401 e.